The minimum absolute atomic E-state index is 0.133. The Hall–Kier alpha value is -3.41. The van der Waals surface area contributed by atoms with Gasteiger partial charge in [0, 0.05) is 19.3 Å². The van der Waals surface area contributed by atoms with E-state index in [0.29, 0.717) is 19.3 Å². The highest BCUT2D eigenvalue weighted by Gasteiger charge is 2.19. The molecule has 0 heterocycles. The van der Waals surface area contributed by atoms with Crippen LogP contribution < -0.4 is 0 Å². The van der Waals surface area contributed by atoms with Crippen molar-refractivity contribution in [2.45, 2.75) is 207 Å². The molecule has 1 unspecified atom stereocenters. The van der Waals surface area contributed by atoms with Gasteiger partial charge < -0.3 is 14.2 Å². The zero-order valence-corrected chi connectivity index (χ0v) is 36.8. The van der Waals surface area contributed by atoms with Crippen LogP contribution in [0, 0.1) is 0 Å². The summed E-state index contributed by atoms with van der Waals surface area (Å²) in [6.45, 7) is 6.34. The number of hydrogen-bond acceptors (Lipinski definition) is 6. The topological polar surface area (TPSA) is 78.9 Å². The lowest BCUT2D eigenvalue weighted by molar-refractivity contribution is -0.166. The Morgan fingerprint density at radius 3 is 1.21 bits per heavy atom. The fourth-order valence-electron chi connectivity index (χ4n) is 5.90. The number of esters is 3. The molecule has 0 aliphatic carbocycles. The van der Waals surface area contributed by atoms with Crippen molar-refractivity contribution in [2.75, 3.05) is 13.2 Å². The Labute approximate surface area is 350 Å². The maximum absolute atomic E-state index is 12.7. The van der Waals surface area contributed by atoms with Crippen molar-refractivity contribution in [1.82, 2.24) is 0 Å². The lowest BCUT2D eigenvalue weighted by Gasteiger charge is -2.18. The predicted octanol–water partition coefficient (Wildman–Crippen LogP) is 14.9. The van der Waals surface area contributed by atoms with E-state index in [4.69, 9.17) is 14.2 Å². The molecule has 57 heavy (non-hydrogen) atoms. The van der Waals surface area contributed by atoms with Gasteiger partial charge in [-0.1, -0.05) is 170 Å². The molecule has 0 radical (unpaired) electrons. The van der Waals surface area contributed by atoms with Crippen LogP contribution in [0.15, 0.2) is 85.1 Å². The fourth-order valence-corrected chi connectivity index (χ4v) is 5.90. The maximum atomic E-state index is 12.7. The highest BCUT2D eigenvalue weighted by atomic mass is 16.6. The molecule has 0 saturated heterocycles. The molecule has 6 nitrogen and oxygen atoms in total. The summed E-state index contributed by atoms with van der Waals surface area (Å²) in [5.41, 5.74) is 0. The summed E-state index contributed by atoms with van der Waals surface area (Å²) in [6, 6.07) is 0. The van der Waals surface area contributed by atoms with Crippen LogP contribution in [0.4, 0.5) is 0 Å². The first kappa shape index (κ1) is 53.6. The van der Waals surface area contributed by atoms with Crippen LogP contribution in [0.2, 0.25) is 0 Å². The number of carbonyl (C=O) groups is 3. The largest absolute Gasteiger partial charge is 0.462 e. The van der Waals surface area contributed by atoms with Crippen molar-refractivity contribution in [3.63, 3.8) is 0 Å². The number of hydrogen-bond donors (Lipinski definition) is 0. The minimum atomic E-state index is -0.838. The molecule has 0 aromatic heterocycles. The summed E-state index contributed by atoms with van der Waals surface area (Å²) in [7, 11) is 0. The van der Waals surface area contributed by atoms with Crippen LogP contribution in [0.5, 0.6) is 0 Å². The average Bonchev–Trinajstić information content (AvgIpc) is 3.21. The number of allylic oxidation sites excluding steroid dienone is 14. The van der Waals surface area contributed by atoms with E-state index in [-0.39, 0.29) is 38.0 Å². The van der Waals surface area contributed by atoms with Crippen molar-refractivity contribution < 1.29 is 28.6 Å². The Bertz CT molecular complexity index is 1140. The summed E-state index contributed by atoms with van der Waals surface area (Å²) in [4.78, 5) is 37.6. The van der Waals surface area contributed by atoms with Gasteiger partial charge in [-0.2, -0.15) is 0 Å². The Kier molecular flexibility index (Phi) is 42.6. The van der Waals surface area contributed by atoms with E-state index >= 15 is 0 Å². The molecule has 0 N–H and O–H groups in total. The molecule has 0 rings (SSSR count). The normalized spacial score (nSPS) is 12.8. The zero-order chi connectivity index (χ0) is 41.5. The van der Waals surface area contributed by atoms with Crippen molar-refractivity contribution >= 4 is 17.9 Å². The van der Waals surface area contributed by atoms with Crippen LogP contribution in [-0.2, 0) is 28.6 Å². The SMILES string of the molecule is CC/C=C\C/C=C\CCCCC(=O)OCC(COC(=O)CCC/C=C\C/C=C\C/C=C\CCCCCCCC)OC(=O)CC/C=C\C/C=C\CCCCCCCC. The van der Waals surface area contributed by atoms with E-state index in [1.165, 1.54) is 83.5 Å². The first-order chi connectivity index (χ1) is 28.0. The van der Waals surface area contributed by atoms with Crippen LogP contribution >= 0.6 is 0 Å². The smallest absolute Gasteiger partial charge is 0.306 e. The standard InChI is InChI=1S/C51H84O6/c1-4-7-10-13-16-19-21-23-24-25-26-28-29-32-35-38-41-44-50(53)56-47-48(46-55-49(52)43-40-37-34-31-18-15-12-9-6-3)57-51(54)45-42-39-36-33-30-27-22-20-17-14-11-8-5-2/h9,12,18,23-24,26-28,30-32,35-36,39,48H,4-8,10-11,13-17,19-22,25,29,33-34,37-38,40-47H2,1-3H3/b12-9-,24-23-,28-26-,30-27-,31-18-,35-32-,39-36-. The van der Waals surface area contributed by atoms with Gasteiger partial charge >= 0.3 is 17.9 Å². The molecule has 0 aliphatic rings. The van der Waals surface area contributed by atoms with Crippen molar-refractivity contribution in [2.24, 2.45) is 0 Å². The summed E-state index contributed by atoms with van der Waals surface area (Å²) in [5, 5.41) is 0. The van der Waals surface area contributed by atoms with Gasteiger partial charge in [0.1, 0.15) is 13.2 Å². The van der Waals surface area contributed by atoms with Gasteiger partial charge in [0.05, 0.1) is 0 Å². The third kappa shape index (κ3) is 43.6. The van der Waals surface area contributed by atoms with Crippen LogP contribution in [0.3, 0.4) is 0 Å². The molecular weight excluding hydrogens is 709 g/mol. The Morgan fingerprint density at radius 1 is 0.368 bits per heavy atom. The second-order valence-corrected chi connectivity index (χ2v) is 14.9. The minimum Gasteiger partial charge on any atom is -0.462 e. The van der Waals surface area contributed by atoms with Gasteiger partial charge in [-0.05, 0) is 96.3 Å². The van der Waals surface area contributed by atoms with Gasteiger partial charge in [0.2, 0.25) is 0 Å². The molecule has 6 heteroatoms. The van der Waals surface area contributed by atoms with Crippen LogP contribution in [0.1, 0.15) is 201 Å². The third-order valence-corrected chi connectivity index (χ3v) is 9.37. The molecule has 0 amide bonds. The summed E-state index contributed by atoms with van der Waals surface area (Å²) in [5.74, 6) is -1.10. The molecule has 0 saturated carbocycles. The number of carbonyl (C=O) groups excluding carboxylic acids is 3. The van der Waals surface area contributed by atoms with Crippen molar-refractivity contribution in [1.29, 1.82) is 0 Å². The molecule has 1 atom stereocenters. The van der Waals surface area contributed by atoms with Gasteiger partial charge in [0.15, 0.2) is 6.10 Å². The quantitative estimate of drug-likeness (QED) is 0.0266. The number of ether oxygens (including phenoxy) is 3. The molecule has 0 bridgehead atoms. The molecule has 0 aromatic carbocycles. The third-order valence-electron chi connectivity index (χ3n) is 9.37. The second kappa shape index (κ2) is 45.3. The molecule has 0 aliphatic heterocycles. The molecule has 0 aromatic rings. The highest BCUT2D eigenvalue weighted by molar-refractivity contribution is 5.71. The highest BCUT2D eigenvalue weighted by Crippen LogP contribution is 2.10. The molecule has 0 spiro atoms. The van der Waals surface area contributed by atoms with E-state index in [0.717, 1.165) is 64.2 Å². The van der Waals surface area contributed by atoms with Gasteiger partial charge in [-0.3, -0.25) is 14.4 Å². The molecule has 0 fully saturated rings. The first-order valence-electron chi connectivity index (χ1n) is 23.1. The van der Waals surface area contributed by atoms with Crippen LogP contribution in [-0.4, -0.2) is 37.2 Å². The van der Waals surface area contributed by atoms with Crippen molar-refractivity contribution in [3.05, 3.63) is 85.1 Å². The Balaban J connectivity index is 4.53. The van der Waals surface area contributed by atoms with E-state index < -0.39 is 12.1 Å². The molecule has 324 valence electrons. The van der Waals surface area contributed by atoms with E-state index in [9.17, 15) is 14.4 Å². The lowest BCUT2D eigenvalue weighted by atomic mass is 10.1. The van der Waals surface area contributed by atoms with Gasteiger partial charge in [-0.25, -0.2) is 0 Å². The fraction of sp³-hybridized carbons (Fsp3) is 0.667. The number of unbranched alkanes of at least 4 members (excludes halogenated alkanes) is 15. The predicted molar refractivity (Wildman–Crippen MR) is 242 cm³/mol. The second-order valence-electron chi connectivity index (χ2n) is 14.9. The van der Waals surface area contributed by atoms with Crippen molar-refractivity contribution in [3.8, 4) is 0 Å². The van der Waals surface area contributed by atoms with Gasteiger partial charge in [0.25, 0.3) is 0 Å². The zero-order valence-electron chi connectivity index (χ0n) is 36.8. The Morgan fingerprint density at radius 2 is 0.737 bits per heavy atom. The number of rotatable bonds is 40. The first-order valence-corrected chi connectivity index (χ1v) is 23.1. The summed E-state index contributed by atoms with van der Waals surface area (Å²) < 4.78 is 16.5. The molecular formula is C51H84O6. The summed E-state index contributed by atoms with van der Waals surface area (Å²) >= 11 is 0. The van der Waals surface area contributed by atoms with E-state index in [1.807, 2.05) is 6.08 Å². The van der Waals surface area contributed by atoms with E-state index in [1.54, 1.807) is 0 Å². The van der Waals surface area contributed by atoms with E-state index in [2.05, 4.69) is 99.8 Å². The lowest BCUT2D eigenvalue weighted by Crippen LogP contribution is -2.30. The van der Waals surface area contributed by atoms with Crippen LogP contribution in [0.25, 0.3) is 0 Å². The average molecular weight is 793 g/mol. The maximum Gasteiger partial charge on any atom is 0.306 e. The summed E-state index contributed by atoms with van der Waals surface area (Å²) in [6.07, 6.45) is 57.4. The monoisotopic (exact) mass is 793 g/mol. The van der Waals surface area contributed by atoms with Gasteiger partial charge in [-0.15, -0.1) is 0 Å².